The molecule has 7 nitrogen and oxygen atoms in total. The van der Waals surface area contributed by atoms with Gasteiger partial charge in [0.25, 0.3) is 0 Å². The van der Waals surface area contributed by atoms with Crippen LogP contribution < -0.4 is 17.2 Å². The average Bonchev–Trinajstić information content (AvgIpc) is 2.33. The molecule has 0 bridgehead atoms. The molecule has 18 heavy (non-hydrogen) atoms. The summed E-state index contributed by atoms with van der Waals surface area (Å²) < 4.78 is 0. The van der Waals surface area contributed by atoms with Crippen LogP contribution in [0.1, 0.15) is 19.3 Å². The van der Waals surface area contributed by atoms with Gasteiger partial charge in [0.15, 0.2) is 0 Å². The third kappa shape index (κ3) is 13.2. The minimum Gasteiger partial charge on any atom is -0.480 e. The lowest BCUT2D eigenvalue weighted by atomic mass is 10.2. The first kappa shape index (κ1) is 19.5. The predicted molar refractivity (Wildman–Crippen MR) is 72.5 cm³/mol. The molecule has 0 fully saturated rings. The Morgan fingerprint density at radius 1 is 1.11 bits per heavy atom. The van der Waals surface area contributed by atoms with Gasteiger partial charge in [-0.05, 0) is 37.8 Å². The van der Waals surface area contributed by atoms with Gasteiger partial charge in [-0.15, -0.1) is 0 Å². The second-order valence-corrected chi connectivity index (χ2v) is 4.59. The van der Waals surface area contributed by atoms with Gasteiger partial charge in [0.05, 0.1) is 0 Å². The van der Waals surface area contributed by atoms with Crippen LogP contribution in [0.2, 0.25) is 0 Å². The van der Waals surface area contributed by atoms with Gasteiger partial charge in [-0.3, -0.25) is 9.59 Å². The smallest absolute Gasteiger partial charge is 0.320 e. The van der Waals surface area contributed by atoms with Gasteiger partial charge in [0.2, 0.25) is 0 Å². The largest absolute Gasteiger partial charge is 0.480 e. The van der Waals surface area contributed by atoms with E-state index in [1.54, 1.807) is 11.8 Å². The molecule has 0 radical (unpaired) electrons. The highest BCUT2D eigenvalue weighted by molar-refractivity contribution is 7.98. The molecule has 0 aliphatic carbocycles. The van der Waals surface area contributed by atoms with Crippen molar-refractivity contribution in [3.05, 3.63) is 0 Å². The quantitative estimate of drug-likeness (QED) is 0.391. The van der Waals surface area contributed by atoms with Crippen molar-refractivity contribution in [2.45, 2.75) is 31.3 Å². The maximum absolute atomic E-state index is 10.1. The van der Waals surface area contributed by atoms with Crippen LogP contribution in [0, 0.1) is 0 Å². The molecular formula is C10H23N3O4S. The lowest BCUT2D eigenvalue weighted by Gasteiger charge is -2.02. The Bertz CT molecular complexity index is 217. The van der Waals surface area contributed by atoms with Gasteiger partial charge in [0.1, 0.15) is 12.1 Å². The third-order valence-corrected chi connectivity index (χ3v) is 2.63. The van der Waals surface area contributed by atoms with Crippen LogP contribution >= 0.6 is 11.8 Å². The summed E-state index contributed by atoms with van der Waals surface area (Å²) in [6, 6.07) is -1.43. The topological polar surface area (TPSA) is 153 Å². The summed E-state index contributed by atoms with van der Waals surface area (Å²) in [5.41, 5.74) is 15.5. The van der Waals surface area contributed by atoms with Crippen molar-refractivity contribution in [3.63, 3.8) is 0 Å². The van der Waals surface area contributed by atoms with Crippen LogP contribution in [-0.4, -0.2) is 52.8 Å². The van der Waals surface area contributed by atoms with Crippen LogP contribution in [0.4, 0.5) is 0 Å². The predicted octanol–water partition coefficient (Wildman–Crippen LogP) is -0.711. The molecule has 8 heteroatoms. The Balaban J connectivity index is 0. The van der Waals surface area contributed by atoms with E-state index in [4.69, 9.17) is 27.4 Å². The van der Waals surface area contributed by atoms with Crippen LogP contribution in [0.15, 0.2) is 0 Å². The summed E-state index contributed by atoms with van der Waals surface area (Å²) >= 11 is 1.60. The lowest BCUT2D eigenvalue weighted by molar-refractivity contribution is -0.139. The minimum absolute atomic E-state index is 0.464. The molecule has 0 aromatic carbocycles. The van der Waals surface area contributed by atoms with E-state index in [9.17, 15) is 9.59 Å². The standard InChI is InChI=1S/C5H12N2O2.C5H11NO2S/c6-3-1-2-4(7)5(8)9;1-9-3-2-4(6)5(7)8/h4H,1-3,6-7H2,(H,8,9);4H,2-3,6H2,1H3,(H,7,8)/t2*4-/m00/s1. The zero-order chi connectivity index (χ0) is 14.6. The van der Waals surface area contributed by atoms with E-state index in [1.807, 2.05) is 6.26 Å². The van der Waals surface area contributed by atoms with E-state index >= 15 is 0 Å². The Morgan fingerprint density at radius 3 is 1.89 bits per heavy atom. The molecule has 0 rings (SSSR count). The number of rotatable bonds is 8. The summed E-state index contributed by atoms with van der Waals surface area (Å²) in [7, 11) is 0. The van der Waals surface area contributed by atoms with Crippen LogP contribution in [-0.2, 0) is 9.59 Å². The zero-order valence-corrected chi connectivity index (χ0v) is 11.4. The summed E-state index contributed by atoms with van der Waals surface area (Å²) in [5.74, 6) is -1.06. The van der Waals surface area contributed by atoms with Gasteiger partial charge in [-0.1, -0.05) is 0 Å². The van der Waals surface area contributed by atoms with E-state index in [1.165, 1.54) is 0 Å². The Hall–Kier alpha value is -0.830. The molecule has 0 aliphatic heterocycles. The lowest BCUT2D eigenvalue weighted by Crippen LogP contribution is -2.30. The second-order valence-electron chi connectivity index (χ2n) is 3.60. The molecule has 0 spiro atoms. The van der Waals surface area contributed by atoms with Crippen molar-refractivity contribution in [1.29, 1.82) is 0 Å². The first-order chi connectivity index (χ1) is 8.36. The molecule has 0 unspecified atom stereocenters. The summed E-state index contributed by atoms with van der Waals surface area (Å²) in [6.07, 6.45) is 3.62. The second kappa shape index (κ2) is 12.6. The van der Waals surface area contributed by atoms with Crippen molar-refractivity contribution >= 4 is 23.7 Å². The average molecular weight is 281 g/mol. The first-order valence-corrected chi connectivity index (χ1v) is 6.91. The number of carboxylic acids is 2. The number of aliphatic carboxylic acids is 2. The number of carboxylic acid groups (broad SMARTS) is 2. The number of hydrogen-bond donors (Lipinski definition) is 5. The van der Waals surface area contributed by atoms with Gasteiger partial charge >= 0.3 is 11.9 Å². The molecule has 0 aromatic rings. The van der Waals surface area contributed by atoms with Gasteiger partial charge in [-0.25, -0.2) is 0 Å². The molecular weight excluding hydrogens is 258 g/mol. The number of thioether (sulfide) groups is 1. The molecule has 8 N–H and O–H groups in total. The SMILES string of the molecule is CSCC[C@H](N)C(=O)O.NCCC[C@H](N)C(=O)O. The van der Waals surface area contributed by atoms with Gasteiger partial charge in [0, 0.05) is 0 Å². The highest BCUT2D eigenvalue weighted by Crippen LogP contribution is 1.97. The molecule has 0 amide bonds. The highest BCUT2D eigenvalue weighted by atomic mass is 32.2. The first-order valence-electron chi connectivity index (χ1n) is 5.52. The van der Waals surface area contributed by atoms with E-state index in [0.717, 1.165) is 5.75 Å². The van der Waals surface area contributed by atoms with E-state index in [-0.39, 0.29) is 0 Å². The van der Waals surface area contributed by atoms with E-state index < -0.39 is 24.0 Å². The normalized spacial score (nSPS) is 13.1. The molecule has 0 heterocycles. The van der Waals surface area contributed by atoms with Gasteiger partial charge in [-0.2, -0.15) is 11.8 Å². The maximum atomic E-state index is 10.1. The summed E-state index contributed by atoms with van der Waals surface area (Å²) in [5, 5.41) is 16.5. The minimum atomic E-state index is -0.955. The molecule has 0 aromatic heterocycles. The zero-order valence-electron chi connectivity index (χ0n) is 10.5. The Kier molecular flexibility index (Phi) is 13.7. The third-order valence-electron chi connectivity index (χ3n) is 1.99. The van der Waals surface area contributed by atoms with Crippen LogP contribution in [0.3, 0.4) is 0 Å². The fraction of sp³-hybridized carbons (Fsp3) is 0.800. The molecule has 0 saturated heterocycles. The number of nitrogens with two attached hydrogens (primary N) is 3. The van der Waals surface area contributed by atoms with E-state index in [0.29, 0.717) is 25.8 Å². The Morgan fingerprint density at radius 2 is 1.56 bits per heavy atom. The maximum Gasteiger partial charge on any atom is 0.320 e. The van der Waals surface area contributed by atoms with Gasteiger partial charge < -0.3 is 27.4 Å². The van der Waals surface area contributed by atoms with Crippen LogP contribution in [0.5, 0.6) is 0 Å². The summed E-state index contributed by atoms with van der Waals surface area (Å²) in [4.78, 5) is 20.1. The van der Waals surface area contributed by atoms with Crippen LogP contribution in [0.25, 0.3) is 0 Å². The number of hydrogen-bond acceptors (Lipinski definition) is 6. The van der Waals surface area contributed by atoms with Crippen molar-refractivity contribution < 1.29 is 19.8 Å². The van der Waals surface area contributed by atoms with Crippen molar-refractivity contribution in [2.75, 3.05) is 18.6 Å². The fourth-order valence-electron chi connectivity index (χ4n) is 0.830. The molecule has 2 atom stereocenters. The van der Waals surface area contributed by atoms with Crippen molar-refractivity contribution in [2.24, 2.45) is 17.2 Å². The Labute approximate surface area is 111 Å². The van der Waals surface area contributed by atoms with Crippen molar-refractivity contribution in [3.8, 4) is 0 Å². The molecule has 0 aliphatic rings. The monoisotopic (exact) mass is 281 g/mol. The van der Waals surface area contributed by atoms with Crippen molar-refractivity contribution in [1.82, 2.24) is 0 Å². The summed E-state index contributed by atoms with van der Waals surface area (Å²) in [6.45, 7) is 0.501. The molecule has 0 saturated carbocycles. The highest BCUT2D eigenvalue weighted by Gasteiger charge is 2.09. The molecule has 108 valence electrons. The van der Waals surface area contributed by atoms with E-state index in [2.05, 4.69) is 0 Å². The fourth-order valence-corrected chi connectivity index (χ4v) is 1.32. The number of carbonyl (C=O) groups is 2.